The summed E-state index contributed by atoms with van der Waals surface area (Å²) >= 11 is 0. The molecule has 0 bridgehead atoms. The fourth-order valence-electron chi connectivity index (χ4n) is 1.23. The Labute approximate surface area is 77.2 Å². The standard InChI is InChI=1S/C10H12O3/c1-10(11-2)7-12-8-5-3-4-6-9(8)13-10/h3-6H,7H2,1-2H3. The van der Waals surface area contributed by atoms with Crippen LogP contribution in [0.4, 0.5) is 0 Å². The van der Waals surface area contributed by atoms with E-state index in [2.05, 4.69) is 0 Å². The van der Waals surface area contributed by atoms with Crippen molar-refractivity contribution in [3.05, 3.63) is 24.3 Å². The maximum Gasteiger partial charge on any atom is 0.242 e. The first-order valence-electron chi connectivity index (χ1n) is 4.19. The van der Waals surface area contributed by atoms with Crippen molar-refractivity contribution < 1.29 is 14.2 Å². The monoisotopic (exact) mass is 180 g/mol. The molecule has 0 saturated carbocycles. The molecule has 0 fully saturated rings. The molecule has 1 aromatic rings. The molecule has 0 spiro atoms. The molecule has 0 radical (unpaired) electrons. The highest BCUT2D eigenvalue weighted by Gasteiger charge is 2.32. The van der Waals surface area contributed by atoms with Gasteiger partial charge < -0.3 is 14.2 Å². The van der Waals surface area contributed by atoms with Gasteiger partial charge in [-0.05, 0) is 12.1 Å². The SMILES string of the molecule is COC1(C)COc2ccccc2O1. The number of ether oxygens (including phenoxy) is 3. The molecule has 0 aliphatic carbocycles. The minimum atomic E-state index is -0.658. The number of rotatable bonds is 1. The fraction of sp³-hybridized carbons (Fsp3) is 0.400. The van der Waals surface area contributed by atoms with Crippen LogP contribution in [0.5, 0.6) is 11.5 Å². The summed E-state index contributed by atoms with van der Waals surface area (Å²) < 4.78 is 16.3. The van der Waals surface area contributed by atoms with Crippen LogP contribution in [-0.2, 0) is 4.74 Å². The molecule has 0 saturated heterocycles. The first-order valence-corrected chi connectivity index (χ1v) is 4.19. The van der Waals surface area contributed by atoms with E-state index in [-0.39, 0.29) is 0 Å². The van der Waals surface area contributed by atoms with Gasteiger partial charge in [0.05, 0.1) is 0 Å². The lowest BCUT2D eigenvalue weighted by Gasteiger charge is -2.33. The molecule has 0 N–H and O–H groups in total. The van der Waals surface area contributed by atoms with E-state index in [4.69, 9.17) is 14.2 Å². The average Bonchev–Trinajstić information content (AvgIpc) is 2.18. The molecule has 2 rings (SSSR count). The molecular weight excluding hydrogens is 168 g/mol. The predicted octanol–water partition coefficient (Wildman–Crippen LogP) is 1.82. The molecule has 0 aromatic heterocycles. The fourth-order valence-corrected chi connectivity index (χ4v) is 1.23. The van der Waals surface area contributed by atoms with Gasteiger partial charge in [-0.15, -0.1) is 0 Å². The van der Waals surface area contributed by atoms with Crippen molar-refractivity contribution in [3.63, 3.8) is 0 Å². The molecule has 1 unspecified atom stereocenters. The summed E-state index contributed by atoms with van der Waals surface area (Å²) in [4.78, 5) is 0. The summed E-state index contributed by atoms with van der Waals surface area (Å²) in [7, 11) is 1.61. The van der Waals surface area contributed by atoms with E-state index < -0.39 is 5.79 Å². The highest BCUT2D eigenvalue weighted by molar-refractivity contribution is 5.40. The summed E-state index contributed by atoms with van der Waals surface area (Å²) in [6.45, 7) is 2.27. The lowest BCUT2D eigenvalue weighted by Crippen LogP contribution is -2.43. The molecule has 13 heavy (non-hydrogen) atoms. The minimum Gasteiger partial charge on any atom is -0.483 e. The number of methoxy groups -OCH3 is 1. The summed E-state index contributed by atoms with van der Waals surface area (Å²) in [6.07, 6.45) is 0. The molecule has 1 heterocycles. The molecule has 1 aliphatic rings. The third-order valence-electron chi connectivity index (χ3n) is 2.10. The third-order valence-corrected chi connectivity index (χ3v) is 2.10. The van der Waals surface area contributed by atoms with E-state index >= 15 is 0 Å². The van der Waals surface area contributed by atoms with Gasteiger partial charge in [0, 0.05) is 14.0 Å². The van der Waals surface area contributed by atoms with Crippen molar-refractivity contribution in [2.45, 2.75) is 12.7 Å². The molecular formula is C10H12O3. The van der Waals surface area contributed by atoms with Crippen LogP contribution < -0.4 is 9.47 Å². The number of hydrogen-bond acceptors (Lipinski definition) is 3. The lowest BCUT2D eigenvalue weighted by molar-refractivity contribution is -0.182. The third kappa shape index (κ3) is 1.47. The van der Waals surface area contributed by atoms with Crippen molar-refractivity contribution in [1.82, 2.24) is 0 Å². The molecule has 3 heteroatoms. The Morgan fingerprint density at radius 2 is 2.00 bits per heavy atom. The molecule has 1 aromatic carbocycles. The summed E-state index contributed by atoms with van der Waals surface area (Å²) in [5.74, 6) is 0.851. The van der Waals surface area contributed by atoms with Gasteiger partial charge in [0.15, 0.2) is 18.1 Å². The van der Waals surface area contributed by atoms with Gasteiger partial charge in [-0.1, -0.05) is 12.1 Å². The van der Waals surface area contributed by atoms with Gasteiger partial charge in [0.1, 0.15) is 0 Å². The van der Waals surface area contributed by atoms with Gasteiger partial charge >= 0.3 is 0 Å². The molecule has 0 amide bonds. The van der Waals surface area contributed by atoms with Crippen LogP contribution in [0.3, 0.4) is 0 Å². The van der Waals surface area contributed by atoms with Crippen molar-refractivity contribution in [2.24, 2.45) is 0 Å². The minimum absolute atomic E-state index is 0.417. The highest BCUT2D eigenvalue weighted by Crippen LogP contribution is 2.34. The summed E-state index contributed by atoms with van der Waals surface area (Å²) in [5, 5.41) is 0. The molecule has 70 valence electrons. The van der Waals surface area contributed by atoms with Crippen LogP contribution in [0.2, 0.25) is 0 Å². The van der Waals surface area contributed by atoms with Crippen molar-refractivity contribution in [2.75, 3.05) is 13.7 Å². The van der Waals surface area contributed by atoms with Crippen LogP contribution in [0.25, 0.3) is 0 Å². The van der Waals surface area contributed by atoms with Crippen LogP contribution in [-0.4, -0.2) is 19.5 Å². The Morgan fingerprint density at radius 1 is 1.31 bits per heavy atom. The number of hydrogen-bond donors (Lipinski definition) is 0. The Balaban J connectivity index is 2.29. The Morgan fingerprint density at radius 3 is 2.69 bits per heavy atom. The molecule has 1 aliphatic heterocycles. The molecule has 1 atom stereocenters. The van der Waals surface area contributed by atoms with Crippen LogP contribution >= 0.6 is 0 Å². The number of para-hydroxylation sites is 2. The lowest BCUT2D eigenvalue weighted by atomic mass is 10.2. The Hall–Kier alpha value is -1.22. The van der Waals surface area contributed by atoms with E-state index in [1.54, 1.807) is 7.11 Å². The summed E-state index contributed by atoms with van der Waals surface area (Å²) in [5.41, 5.74) is 0. The maximum absolute atomic E-state index is 5.62. The van der Waals surface area contributed by atoms with Gasteiger partial charge in [0.2, 0.25) is 5.79 Å². The summed E-state index contributed by atoms with van der Waals surface area (Å²) in [6, 6.07) is 7.57. The van der Waals surface area contributed by atoms with Gasteiger partial charge in [-0.25, -0.2) is 0 Å². The van der Waals surface area contributed by atoms with Gasteiger partial charge in [-0.2, -0.15) is 0 Å². The zero-order valence-corrected chi connectivity index (χ0v) is 7.74. The number of benzene rings is 1. The number of fused-ring (bicyclic) bond motifs is 1. The average molecular weight is 180 g/mol. The van der Waals surface area contributed by atoms with Gasteiger partial charge in [0.25, 0.3) is 0 Å². The highest BCUT2D eigenvalue weighted by atomic mass is 16.7. The smallest absolute Gasteiger partial charge is 0.242 e. The predicted molar refractivity (Wildman–Crippen MR) is 48.0 cm³/mol. The largest absolute Gasteiger partial charge is 0.483 e. The quantitative estimate of drug-likeness (QED) is 0.659. The molecule has 3 nitrogen and oxygen atoms in total. The normalized spacial score (nSPS) is 25.7. The van der Waals surface area contributed by atoms with Crippen LogP contribution in [0, 0.1) is 0 Å². The Bertz CT molecular complexity index is 311. The maximum atomic E-state index is 5.62. The van der Waals surface area contributed by atoms with Crippen LogP contribution in [0.1, 0.15) is 6.92 Å². The zero-order chi connectivity index (χ0) is 9.31. The first-order chi connectivity index (χ1) is 6.23. The second-order valence-corrected chi connectivity index (χ2v) is 3.18. The van der Waals surface area contributed by atoms with Crippen LogP contribution in [0.15, 0.2) is 24.3 Å². The second-order valence-electron chi connectivity index (χ2n) is 3.18. The Kier molecular flexibility index (Phi) is 1.88. The topological polar surface area (TPSA) is 27.7 Å². The van der Waals surface area contributed by atoms with E-state index in [0.29, 0.717) is 6.61 Å². The van der Waals surface area contributed by atoms with E-state index in [9.17, 15) is 0 Å². The second kappa shape index (κ2) is 2.92. The van der Waals surface area contributed by atoms with E-state index in [1.165, 1.54) is 0 Å². The van der Waals surface area contributed by atoms with Crippen molar-refractivity contribution >= 4 is 0 Å². The van der Waals surface area contributed by atoms with Gasteiger partial charge in [-0.3, -0.25) is 0 Å². The first kappa shape index (κ1) is 8.38. The zero-order valence-electron chi connectivity index (χ0n) is 7.74. The van der Waals surface area contributed by atoms with Crippen molar-refractivity contribution in [1.29, 1.82) is 0 Å². The van der Waals surface area contributed by atoms with E-state index in [0.717, 1.165) is 11.5 Å². The van der Waals surface area contributed by atoms with Crippen molar-refractivity contribution in [3.8, 4) is 11.5 Å². The van der Waals surface area contributed by atoms with E-state index in [1.807, 2.05) is 31.2 Å².